The van der Waals surface area contributed by atoms with Crippen LogP contribution in [-0.4, -0.2) is 18.6 Å². The fraction of sp³-hybridized carbons (Fsp3) is 0.500. The normalized spacial score (nSPS) is 29.6. The van der Waals surface area contributed by atoms with Gasteiger partial charge in [0.05, 0.1) is 0 Å². The lowest BCUT2D eigenvalue weighted by molar-refractivity contribution is 0.481. The van der Waals surface area contributed by atoms with E-state index < -0.39 is 0 Å². The highest BCUT2D eigenvalue weighted by Gasteiger charge is 2.34. The molecule has 1 fully saturated rings. The summed E-state index contributed by atoms with van der Waals surface area (Å²) in [5, 5.41) is 0. The fourth-order valence-corrected chi connectivity index (χ4v) is 2.43. The minimum absolute atomic E-state index is 0.133. The summed E-state index contributed by atoms with van der Waals surface area (Å²) in [6, 6.07) is 7.39. The number of benzene rings is 1. The first kappa shape index (κ1) is 11.5. The molecule has 0 saturated carbocycles. The molecule has 0 amide bonds. The standard InChI is InChI=1S/C12H18FN3/c1-8-12(11(6-7-14)16-15-8)9-4-2-3-5-10(9)13/h2-5,8,11-12,15-16H,6-7,14H2,1H3. The third-order valence-electron chi connectivity index (χ3n) is 3.21. The molecule has 3 unspecified atom stereocenters. The topological polar surface area (TPSA) is 50.1 Å². The van der Waals surface area contributed by atoms with Crippen LogP contribution < -0.4 is 16.6 Å². The summed E-state index contributed by atoms with van der Waals surface area (Å²) in [4.78, 5) is 0. The van der Waals surface area contributed by atoms with Crippen LogP contribution >= 0.6 is 0 Å². The minimum atomic E-state index is -0.133. The number of rotatable bonds is 3. The van der Waals surface area contributed by atoms with Gasteiger partial charge in [0.2, 0.25) is 0 Å². The Morgan fingerprint density at radius 2 is 2.06 bits per heavy atom. The van der Waals surface area contributed by atoms with Crippen molar-refractivity contribution in [2.24, 2.45) is 5.73 Å². The molecular formula is C12H18FN3. The predicted octanol–water partition coefficient (Wildman–Crippen LogP) is 1.12. The van der Waals surface area contributed by atoms with E-state index in [1.54, 1.807) is 6.07 Å². The van der Waals surface area contributed by atoms with Crippen LogP contribution in [0.2, 0.25) is 0 Å². The molecule has 2 rings (SSSR count). The van der Waals surface area contributed by atoms with Gasteiger partial charge in [0.25, 0.3) is 0 Å². The molecule has 4 N–H and O–H groups in total. The van der Waals surface area contributed by atoms with Crippen molar-refractivity contribution in [1.82, 2.24) is 10.9 Å². The molecule has 3 atom stereocenters. The smallest absolute Gasteiger partial charge is 0.126 e. The molecule has 0 radical (unpaired) electrons. The van der Waals surface area contributed by atoms with Crippen LogP contribution in [0.1, 0.15) is 24.8 Å². The van der Waals surface area contributed by atoms with E-state index in [0.29, 0.717) is 6.54 Å². The minimum Gasteiger partial charge on any atom is -0.330 e. The summed E-state index contributed by atoms with van der Waals surface area (Å²) >= 11 is 0. The van der Waals surface area contributed by atoms with Gasteiger partial charge in [-0.05, 0) is 31.5 Å². The van der Waals surface area contributed by atoms with Gasteiger partial charge in [0.1, 0.15) is 5.82 Å². The Morgan fingerprint density at radius 3 is 2.75 bits per heavy atom. The first-order chi connectivity index (χ1) is 7.74. The van der Waals surface area contributed by atoms with Crippen molar-refractivity contribution < 1.29 is 4.39 Å². The van der Waals surface area contributed by atoms with Gasteiger partial charge in [0.15, 0.2) is 0 Å². The third kappa shape index (κ3) is 2.09. The molecule has 16 heavy (non-hydrogen) atoms. The Labute approximate surface area is 95.2 Å². The second-order valence-electron chi connectivity index (χ2n) is 4.31. The summed E-state index contributed by atoms with van der Waals surface area (Å²) in [6.07, 6.45) is 0.844. The van der Waals surface area contributed by atoms with E-state index in [9.17, 15) is 4.39 Å². The molecule has 1 aromatic rings. The van der Waals surface area contributed by atoms with E-state index in [4.69, 9.17) is 5.73 Å². The highest BCUT2D eigenvalue weighted by Crippen LogP contribution is 2.30. The van der Waals surface area contributed by atoms with Gasteiger partial charge >= 0.3 is 0 Å². The van der Waals surface area contributed by atoms with Gasteiger partial charge in [-0.15, -0.1) is 0 Å². The molecule has 1 aliphatic rings. The molecule has 0 aromatic heterocycles. The first-order valence-electron chi connectivity index (χ1n) is 5.69. The monoisotopic (exact) mass is 223 g/mol. The molecule has 4 heteroatoms. The van der Waals surface area contributed by atoms with E-state index in [1.807, 2.05) is 12.1 Å². The average molecular weight is 223 g/mol. The molecule has 1 saturated heterocycles. The Bertz CT molecular complexity index is 354. The first-order valence-corrected chi connectivity index (χ1v) is 5.69. The van der Waals surface area contributed by atoms with Crippen LogP contribution in [0.15, 0.2) is 24.3 Å². The maximum Gasteiger partial charge on any atom is 0.126 e. The van der Waals surface area contributed by atoms with Crippen LogP contribution in [-0.2, 0) is 0 Å². The molecule has 1 aliphatic heterocycles. The molecule has 3 nitrogen and oxygen atoms in total. The summed E-state index contributed by atoms with van der Waals surface area (Å²) < 4.78 is 13.7. The molecule has 0 bridgehead atoms. The second-order valence-corrected chi connectivity index (χ2v) is 4.31. The quantitative estimate of drug-likeness (QED) is 0.720. The molecule has 1 aromatic carbocycles. The van der Waals surface area contributed by atoms with Gasteiger partial charge < -0.3 is 5.73 Å². The van der Waals surface area contributed by atoms with Crippen molar-refractivity contribution in [3.05, 3.63) is 35.6 Å². The summed E-state index contributed by atoms with van der Waals surface area (Å²) in [6.45, 7) is 2.66. The Hall–Kier alpha value is -0.970. The summed E-state index contributed by atoms with van der Waals surface area (Å²) in [7, 11) is 0. The van der Waals surface area contributed by atoms with Crippen molar-refractivity contribution in [2.75, 3.05) is 6.54 Å². The zero-order valence-electron chi connectivity index (χ0n) is 9.41. The molecule has 0 aliphatic carbocycles. The highest BCUT2D eigenvalue weighted by molar-refractivity contribution is 5.26. The van der Waals surface area contributed by atoms with Gasteiger partial charge in [-0.2, -0.15) is 0 Å². The zero-order valence-corrected chi connectivity index (χ0v) is 9.41. The van der Waals surface area contributed by atoms with E-state index in [1.165, 1.54) is 6.07 Å². The Kier molecular flexibility index (Phi) is 3.53. The number of hydrogen-bond donors (Lipinski definition) is 3. The average Bonchev–Trinajstić information content (AvgIpc) is 2.62. The second kappa shape index (κ2) is 4.91. The number of halogens is 1. The largest absolute Gasteiger partial charge is 0.330 e. The number of hydrazine groups is 1. The van der Waals surface area contributed by atoms with E-state index in [2.05, 4.69) is 17.8 Å². The van der Waals surface area contributed by atoms with Crippen molar-refractivity contribution in [1.29, 1.82) is 0 Å². The number of hydrogen-bond acceptors (Lipinski definition) is 3. The SMILES string of the molecule is CC1NNC(CCN)C1c1ccccc1F. The van der Waals surface area contributed by atoms with E-state index in [0.717, 1.165) is 12.0 Å². The molecular weight excluding hydrogens is 205 g/mol. The van der Waals surface area contributed by atoms with Crippen LogP contribution in [0.3, 0.4) is 0 Å². The predicted molar refractivity (Wildman–Crippen MR) is 62.3 cm³/mol. The Balaban J connectivity index is 2.26. The van der Waals surface area contributed by atoms with Gasteiger partial charge in [-0.3, -0.25) is 10.9 Å². The zero-order chi connectivity index (χ0) is 11.5. The van der Waals surface area contributed by atoms with Crippen LogP contribution in [0, 0.1) is 5.82 Å². The summed E-state index contributed by atoms with van der Waals surface area (Å²) in [5.41, 5.74) is 12.7. The lowest BCUT2D eigenvalue weighted by Crippen LogP contribution is -2.33. The van der Waals surface area contributed by atoms with Crippen LogP contribution in [0.25, 0.3) is 0 Å². The summed E-state index contributed by atoms with van der Waals surface area (Å²) in [5.74, 6) is 0.0108. The maximum atomic E-state index is 13.7. The van der Waals surface area contributed by atoms with Crippen LogP contribution in [0.4, 0.5) is 4.39 Å². The van der Waals surface area contributed by atoms with Crippen molar-refractivity contribution in [3.8, 4) is 0 Å². The number of nitrogens with two attached hydrogens (primary N) is 1. The van der Waals surface area contributed by atoms with E-state index >= 15 is 0 Å². The molecule has 88 valence electrons. The fourth-order valence-electron chi connectivity index (χ4n) is 2.43. The lowest BCUT2D eigenvalue weighted by atomic mass is 9.86. The van der Waals surface area contributed by atoms with Gasteiger partial charge in [0, 0.05) is 18.0 Å². The third-order valence-corrected chi connectivity index (χ3v) is 3.21. The van der Waals surface area contributed by atoms with Crippen molar-refractivity contribution in [3.63, 3.8) is 0 Å². The lowest BCUT2D eigenvalue weighted by Gasteiger charge is -2.21. The Morgan fingerprint density at radius 1 is 1.31 bits per heavy atom. The van der Waals surface area contributed by atoms with Gasteiger partial charge in [-0.1, -0.05) is 18.2 Å². The molecule has 1 heterocycles. The van der Waals surface area contributed by atoms with E-state index in [-0.39, 0.29) is 23.8 Å². The van der Waals surface area contributed by atoms with Crippen molar-refractivity contribution >= 4 is 0 Å². The van der Waals surface area contributed by atoms with Crippen LogP contribution in [0.5, 0.6) is 0 Å². The maximum absolute atomic E-state index is 13.7. The number of nitrogens with one attached hydrogen (secondary N) is 2. The van der Waals surface area contributed by atoms with Crippen molar-refractivity contribution in [2.45, 2.75) is 31.3 Å². The highest BCUT2D eigenvalue weighted by atomic mass is 19.1. The van der Waals surface area contributed by atoms with Gasteiger partial charge in [-0.25, -0.2) is 4.39 Å². The molecule has 0 spiro atoms.